The minimum atomic E-state index is 0.155. The van der Waals surface area contributed by atoms with E-state index in [1.165, 1.54) is 0 Å². The molecule has 1 aliphatic rings. The maximum absolute atomic E-state index is 12.4. The van der Waals surface area contributed by atoms with Gasteiger partial charge in [0.2, 0.25) is 5.91 Å². The van der Waals surface area contributed by atoms with E-state index in [1.54, 1.807) is 11.8 Å². The first kappa shape index (κ1) is 16.0. The highest BCUT2D eigenvalue weighted by molar-refractivity contribution is 8.00. The molecule has 5 heteroatoms. The molecule has 0 bridgehead atoms. The maximum Gasteiger partial charge on any atom is 0.233 e. The van der Waals surface area contributed by atoms with Crippen LogP contribution in [-0.4, -0.2) is 26.5 Å². The number of hydrogen-bond donors (Lipinski definition) is 0. The van der Waals surface area contributed by atoms with Gasteiger partial charge in [0.1, 0.15) is 5.82 Å². The third-order valence-corrected chi connectivity index (χ3v) is 4.75. The van der Waals surface area contributed by atoms with E-state index >= 15 is 0 Å². The highest BCUT2D eigenvalue weighted by atomic mass is 32.2. The molecule has 1 amide bonds. The van der Waals surface area contributed by atoms with Crippen LogP contribution < -0.4 is 0 Å². The van der Waals surface area contributed by atoms with Crippen LogP contribution in [0.25, 0.3) is 0 Å². The largest absolute Gasteiger partial charge is 0.332 e. The monoisotopic (exact) mass is 327 g/mol. The summed E-state index contributed by atoms with van der Waals surface area (Å²) in [4.78, 5) is 24.5. The van der Waals surface area contributed by atoms with Gasteiger partial charge in [-0.2, -0.15) is 0 Å². The average Bonchev–Trinajstić information content (AvgIpc) is 2.96. The van der Waals surface area contributed by atoms with Crippen molar-refractivity contribution in [2.75, 3.05) is 5.75 Å². The molecule has 0 saturated heterocycles. The Bertz CT molecular complexity index is 688. The summed E-state index contributed by atoms with van der Waals surface area (Å²) < 4.78 is 0. The lowest BCUT2D eigenvalue weighted by atomic mass is 10.1. The zero-order chi connectivity index (χ0) is 16.2. The fraction of sp³-hybridized carbons (Fsp3) is 0.389. The molecule has 23 heavy (non-hydrogen) atoms. The number of rotatable bonds is 5. The van der Waals surface area contributed by atoms with Crippen LogP contribution in [-0.2, 0) is 24.3 Å². The summed E-state index contributed by atoms with van der Waals surface area (Å²) in [5.74, 6) is 2.04. The maximum atomic E-state index is 12.4. The summed E-state index contributed by atoms with van der Waals surface area (Å²) >= 11 is 1.58. The molecule has 0 saturated carbocycles. The molecular formula is C18H21N3OS. The van der Waals surface area contributed by atoms with Crippen LogP contribution in [0.4, 0.5) is 0 Å². The van der Waals surface area contributed by atoms with Gasteiger partial charge in [-0.05, 0) is 18.1 Å². The number of amides is 1. The van der Waals surface area contributed by atoms with Crippen LogP contribution >= 0.6 is 11.8 Å². The zero-order valence-electron chi connectivity index (χ0n) is 13.5. The van der Waals surface area contributed by atoms with Crippen molar-refractivity contribution in [3.63, 3.8) is 0 Å². The van der Waals surface area contributed by atoms with Crippen molar-refractivity contribution in [1.82, 2.24) is 14.9 Å². The van der Waals surface area contributed by atoms with Gasteiger partial charge in [0.25, 0.3) is 0 Å². The number of fused-ring (bicyclic) bond motifs is 1. The summed E-state index contributed by atoms with van der Waals surface area (Å²) in [7, 11) is 0. The Morgan fingerprint density at radius 1 is 1.26 bits per heavy atom. The molecule has 1 aromatic carbocycles. The Labute approximate surface area is 141 Å². The van der Waals surface area contributed by atoms with Gasteiger partial charge in [-0.3, -0.25) is 4.79 Å². The van der Waals surface area contributed by atoms with Crippen molar-refractivity contribution in [3.8, 4) is 0 Å². The molecule has 1 aromatic heterocycles. The molecule has 2 heterocycles. The molecule has 1 aliphatic heterocycles. The molecule has 0 unspecified atom stereocenters. The molecular weight excluding hydrogens is 306 g/mol. The predicted molar refractivity (Wildman–Crippen MR) is 92.0 cm³/mol. The first-order chi connectivity index (χ1) is 11.1. The fourth-order valence-corrected chi connectivity index (χ4v) is 3.41. The van der Waals surface area contributed by atoms with Crippen molar-refractivity contribution in [3.05, 3.63) is 53.6 Å². The lowest BCUT2D eigenvalue weighted by Crippen LogP contribution is -2.27. The van der Waals surface area contributed by atoms with Crippen LogP contribution in [0.15, 0.2) is 41.4 Å². The fourth-order valence-electron chi connectivity index (χ4n) is 2.59. The quantitative estimate of drug-likeness (QED) is 0.791. The number of thioether (sulfide) groups is 1. The summed E-state index contributed by atoms with van der Waals surface area (Å²) in [5, 5.41) is 0. The Hall–Kier alpha value is -1.88. The minimum Gasteiger partial charge on any atom is -0.332 e. The number of carbonyl (C=O) groups is 1. The molecule has 0 radical (unpaired) electrons. The molecule has 4 nitrogen and oxygen atoms in total. The molecule has 0 atom stereocenters. The molecule has 0 N–H and O–H groups in total. The summed E-state index contributed by atoms with van der Waals surface area (Å²) in [5.41, 5.74) is 2.09. The van der Waals surface area contributed by atoms with Gasteiger partial charge in [-0.1, -0.05) is 32.0 Å². The molecule has 3 rings (SSSR count). The third kappa shape index (κ3) is 4.10. The van der Waals surface area contributed by atoms with E-state index < -0.39 is 0 Å². The number of hydrogen-bond acceptors (Lipinski definition) is 4. The highest BCUT2D eigenvalue weighted by Gasteiger charge is 2.25. The Morgan fingerprint density at radius 3 is 2.78 bits per heavy atom. The van der Waals surface area contributed by atoms with E-state index in [1.807, 2.05) is 41.4 Å². The van der Waals surface area contributed by atoms with Crippen molar-refractivity contribution < 1.29 is 4.79 Å². The standard InChI is InChI=1S/C18H21N3OS/c1-13(2)8-17-19-9-14-10-21(11-16(14)20-17)18(22)12-23-15-6-4-3-5-7-15/h3-7,9,13H,8,10-12H2,1-2H3. The van der Waals surface area contributed by atoms with E-state index in [9.17, 15) is 4.79 Å². The SMILES string of the molecule is CC(C)Cc1ncc2c(n1)CN(C(=O)CSc1ccccc1)C2. The predicted octanol–water partition coefficient (Wildman–Crippen LogP) is 3.31. The van der Waals surface area contributed by atoms with Crippen LogP contribution in [0, 0.1) is 5.92 Å². The van der Waals surface area contributed by atoms with Gasteiger partial charge in [-0.25, -0.2) is 9.97 Å². The van der Waals surface area contributed by atoms with Crippen LogP contribution in [0.2, 0.25) is 0 Å². The first-order valence-electron chi connectivity index (χ1n) is 7.91. The van der Waals surface area contributed by atoms with Crippen molar-refractivity contribution in [1.29, 1.82) is 0 Å². The molecule has 120 valence electrons. The second-order valence-electron chi connectivity index (χ2n) is 6.21. The highest BCUT2D eigenvalue weighted by Crippen LogP contribution is 2.23. The lowest BCUT2D eigenvalue weighted by molar-refractivity contribution is -0.128. The van der Waals surface area contributed by atoms with E-state index in [-0.39, 0.29) is 5.91 Å². The summed E-state index contributed by atoms with van der Waals surface area (Å²) in [6, 6.07) is 10.0. The van der Waals surface area contributed by atoms with Gasteiger partial charge in [0, 0.05) is 29.6 Å². The third-order valence-electron chi connectivity index (χ3n) is 3.75. The number of aromatic nitrogens is 2. The van der Waals surface area contributed by atoms with Crippen LogP contribution in [0.3, 0.4) is 0 Å². The van der Waals surface area contributed by atoms with Gasteiger partial charge in [-0.15, -0.1) is 11.8 Å². The number of carbonyl (C=O) groups excluding carboxylic acids is 1. The molecule has 0 aliphatic carbocycles. The zero-order valence-corrected chi connectivity index (χ0v) is 14.3. The van der Waals surface area contributed by atoms with E-state index in [2.05, 4.69) is 23.8 Å². The van der Waals surface area contributed by atoms with Gasteiger partial charge in [0.05, 0.1) is 18.0 Å². The van der Waals surface area contributed by atoms with E-state index in [0.29, 0.717) is 24.8 Å². The van der Waals surface area contributed by atoms with E-state index in [4.69, 9.17) is 0 Å². The summed E-state index contributed by atoms with van der Waals surface area (Å²) in [6.45, 7) is 5.56. The lowest BCUT2D eigenvalue weighted by Gasteiger charge is -2.14. The Morgan fingerprint density at radius 2 is 2.04 bits per heavy atom. The normalized spacial score (nSPS) is 13.4. The smallest absolute Gasteiger partial charge is 0.233 e. The molecule has 0 spiro atoms. The second-order valence-corrected chi connectivity index (χ2v) is 7.26. The van der Waals surface area contributed by atoms with Gasteiger partial charge >= 0.3 is 0 Å². The second kappa shape index (κ2) is 7.13. The van der Waals surface area contributed by atoms with Gasteiger partial charge in [0.15, 0.2) is 0 Å². The topological polar surface area (TPSA) is 46.1 Å². The molecule has 0 fully saturated rings. The minimum absolute atomic E-state index is 0.155. The molecule has 2 aromatic rings. The first-order valence-corrected chi connectivity index (χ1v) is 8.89. The summed E-state index contributed by atoms with van der Waals surface area (Å²) in [6.07, 6.45) is 2.77. The Kier molecular flexibility index (Phi) is 4.96. The van der Waals surface area contributed by atoms with Crippen molar-refractivity contribution in [2.24, 2.45) is 5.92 Å². The van der Waals surface area contributed by atoms with Gasteiger partial charge < -0.3 is 4.90 Å². The average molecular weight is 327 g/mol. The number of nitrogens with zero attached hydrogens (tertiary/aromatic N) is 3. The van der Waals surface area contributed by atoms with Crippen LogP contribution in [0.1, 0.15) is 30.9 Å². The van der Waals surface area contributed by atoms with Crippen molar-refractivity contribution in [2.45, 2.75) is 38.3 Å². The van der Waals surface area contributed by atoms with E-state index in [0.717, 1.165) is 28.4 Å². The Balaban J connectivity index is 1.59. The van der Waals surface area contributed by atoms with Crippen molar-refractivity contribution >= 4 is 17.7 Å². The number of benzene rings is 1. The van der Waals surface area contributed by atoms with Crippen LogP contribution in [0.5, 0.6) is 0 Å².